The van der Waals surface area contributed by atoms with E-state index in [2.05, 4.69) is 5.32 Å². The summed E-state index contributed by atoms with van der Waals surface area (Å²) in [6.07, 6.45) is 2.48. The van der Waals surface area contributed by atoms with Gasteiger partial charge in [-0.1, -0.05) is 0 Å². The van der Waals surface area contributed by atoms with Gasteiger partial charge in [-0.3, -0.25) is 4.79 Å². The minimum absolute atomic E-state index is 0.205. The maximum absolute atomic E-state index is 11.3. The lowest BCUT2D eigenvalue weighted by atomic mass is 10.2. The second kappa shape index (κ2) is 3.64. The van der Waals surface area contributed by atoms with Gasteiger partial charge in [-0.15, -0.1) is 0 Å². The molecule has 0 spiro atoms. The molecule has 74 valence electrons. The van der Waals surface area contributed by atoms with E-state index in [1.165, 1.54) is 12.8 Å². The Morgan fingerprint density at radius 3 is 2.85 bits per heavy atom. The molecule has 2 N–H and O–H groups in total. The molecule has 13 heavy (non-hydrogen) atoms. The number of β-amino-alcohol motifs (C(OH)–C–C–N with tert-alkyl or cyclic N) is 1. The van der Waals surface area contributed by atoms with Crippen molar-refractivity contribution in [3.63, 3.8) is 0 Å². The minimum Gasteiger partial charge on any atom is -0.464 e. The van der Waals surface area contributed by atoms with Gasteiger partial charge in [0, 0.05) is 13.0 Å². The number of rotatable bonds is 3. The number of aliphatic hydroxyl groups is 1. The van der Waals surface area contributed by atoms with E-state index in [1.54, 1.807) is 0 Å². The fourth-order valence-electron chi connectivity index (χ4n) is 1.48. The van der Waals surface area contributed by atoms with Crippen LogP contribution in [-0.4, -0.2) is 36.4 Å². The quantitative estimate of drug-likeness (QED) is 0.591. The molecule has 4 nitrogen and oxygen atoms in total. The van der Waals surface area contributed by atoms with Crippen LogP contribution < -0.4 is 5.32 Å². The molecule has 2 aliphatic rings. The zero-order chi connectivity index (χ0) is 9.26. The topological polar surface area (TPSA) is 58.6 Å². The first-order chi connectivity index (χ1) is 6.25. The predicted octanol–water partition coefficient (Wildman–Crippen LogP) is -0.338. The minimum atomic E-state index is -0.390. The van der Waals surface area contributed by atoms with E-state index in [4.69, 9.17) is 9.84 Å². The summed E-state index contributed by atoms with van der Waals surface area (Å²) in [5.74, 6) is 0.402. The third-order valence-electron chi connectivity index (χ3n) is 2.55. The molecule has 1 aliphatic carbocycles. The number of esters is 1. The lowest BCUT2D eigenvalue weighted by Crippen LogP contribution is -2.32. The van der Waals surface area contributed by atoms with Crippen molar-refractivity contribution in [1.29, 1.82) is 0 Å². The molecule has 1 heterocycles. The van der Waals surface area contributed by atoms with Crippen molar-refractivity contribution in [1.82, 2.24) is 5.32 Å². The van der Waals surface area contributed by atoms with E-state index < -0.39 is 6.10 Å². The molecule has 4 heteroatoms. The Morgan fingerprint density at radius 1 is 1.54 bits per heavy atom. The van der Waals surface area contributed by atoms with Crippen LogP contribution in [0.3, 0.4) is 0 Å². The first-order valence-electron chi connectivity index (χ1n) is 4.84. The smallest absolute Gasteiger partial charge is 0.323 e. The van der Waals surface area contributed by atoms with Crippen molar-refractivity contribution in [2.45, 2.75) is 31.4 Å². The molecule has 0 bridgehead atoms. The van der Waals surface area contributed by atoms with Gasteiger partial charge in [-0.25, -0.2) is 0 Å². The van der Waals surface area contributed by atoms with Crippen molar-refractivity contribution in [3.8, 4) is 0 Å². The average molecular weight is 185 g/mol. The first kappa shape index (κ1) is 8.97. The maximum Gasteiger partial charge on any atom is 0.323 e. The zero-order valence-corrected chi connectivity index (χ0v) is 7.53. The Bertz CT molecular complexity index is 203. The maximum atomic E-state index is 11.3. The fourth-order valence-corrected chi connectivity index (χ4v) is 1.48. The van der Waals surface area contributed by atoms with E-state index in [0.29, 0.717) is 25.5 Å². The van der Waals surface area contributed by atoms with Gasteiger partial charge in [0.1, 0.15) is 6.04 Å². The van der Waals surface area contributed by atoms with E-state index >= 15 is 0 Å². The standard InChI is InChI=1S/C9H15NO3/c11-7-3-8(10-4-7)9(12)13-5-6-1-2-6/h6-8,10-11H,1-5H2/t7-,8-/m0/s1. The summed E-state index contributed by atoms with van der Waals surface area (Å²) in [6, 6.07) is -0.284. The van der Waals surface area contributed by atoms with E-state index in [-0.39, 0.29) is 12.0 Å². The molecule has 1 saturated carbocycles. The molecule has 2 fully saturated rings. The molecule has 0 amide bonds. The highest BCUT2D eigenvalue weighted by atomic mass is 16.5. The van der Waals surface area contributed by atoms with Crippen LogP contribution in [0.15, 0.2) is 0 Å². The largest absolute Gasteiger partial charge is 0.464 e. The summed E-state index contributed by atoms with van der Waals surface area (Å²) in [5.41, 5.74) is 0. The number of aliphatic hydroxyl groups excluding tert-OH is 1. The summed E-state index contributed by atoms with van der Waals surface area (Å²) >= 11 is 0. The summed E-state index contributed by atoms with van der Waals surface area (Å²) < 4.78 is 5.09. The Morgan fingerprint density at radius 2 is 2.31 bits per heavy atom. The van der Waals surface area contributed by atoms with Crippen molar-refractivity contribution in [2.24, 2.45) is 5.92 Å². The molecule has 1 aliphatic heterocycles. The monoisotopic (exact) mass is 185 g/mol. The van der Waals surface area contributed by atoms with Gasteiger partial charge >= 0.3 is 5.97 Å². The number of carbonyl (C=O) groups is 1. The summed E-state index contributed by atoms with van der Waals surface area (Å²) in [4.78, 5) is 11.3. The van der Waals surface area contributed by atoms with Gasteiger partial charge in [0.15, 0.2) is 0 Å². The molecule has 1 saturated heterocycles. The lowest BCUT2D eigenvalue weighted by Gasteiger charge is -2.09. The summed E-state index contributed by atoms with van der Waals surface area (Å²) in [5, 5.41) is 12.1. The van der Waals surface area contributed by atoms with Crippen molar-refractivity contribution < 1.29 is 14.6 Å². The van der Waals surface area contributed by atoms with Crippen LogP contribution in [0.5, 0.6) is 0 Å². The van der Waals surface area contributed by atoms with Crippen LogP contribution in [0, 0.1) is 5.92 Å². The van der Waals surface area contributed by atoms with Crippen LogP contribution in [-0.2, 0) is 9.53 Å². The highest BCUT2D eigenvalue weighted by Crippen LogP contribution is 2.29. The number of hydrogen-bond acceptors (Lipinski definition) is 4. The Hall–Kier alpha value is -0.610. The molecule has 0 aromatic rings. The first-order valence-corrected chi connectivity index (χ1v) is 4.84. The highest BCUT2D eigenvalue weighted by Gasteiger charge is 2.31. The van der Waals surface area contributed by atoms with E-state index in [0.717, 1.165) is 0 Å². The van der Waals surface area contributed by atoms with Crippen LogP contribution in [0.25, 0.3) is 0 Å². The third kappa shape index (κ3) is 2.42. The normalized spacial score (nSPS) is 33.3. The highest BCUT2D eigenvalue weighted by molar-refractivity contribution is 5.76. The number of hydrogen-bond donors (Lipinski definition) is 2. The van der Waals surface area contributed by atoms with Crippen molar-refractivity contribution in [3.05, 3.63) is 0 Å². The predicted molar refractivity (Wildman–Crippen MR) is 46.1 cm³/mol. The van der Waals surface area contributed by atoms with Crippen LogP contribution >= 0.6 is 0 Å². The third-order valence-corrected chi connectivity index (χ3v) is 2.55. The van der Waals surface area contributed by atoms with Gasteiger partial charge in [-0.05, 0) is 18.8 Å². The fraction of sp³-hybridized carbons (Fsp3) is 0.889. The SMILES string of the molecule is O=C(OCC1CC1)[C@@H]1C[C@H](O)CN1. The Labute approximate surface area is 77.3 Å². The van der Waals surface area contributed by atoms with Gasteiger partial charge in [0.05, 0.1) is 12.7 Å². The molecule has 0 aromatic carbocycles. The second-order valence-electron chi connectivity index (χ2n) is 3.92. The average Bonchev–Trinajstić information content (AvgIpc) is 2.84. The summed E-state index contributed by atoms with van der Waals surface area (Å²) in [7, 11) is 0. The molecular weight excluding hydrogens is 170 g/mol. The van der Waals surface area contributed by atoms with Crippen LogP contribution in [0.4, 0.5) is 0 Å². The number of carbonyl (C=O) groups excluding carboxylic acids is 1. The molecule has 0 radical (unpaired) electrons. The molecule has 2 rings (SSSR count). The lowest BCUT2D eigenvalue weighted by molar-refractivity contribution is -0.146. The molecule has 0 aromatic heterocycles. The van der Waals surface area contributed by atoms with Gasteiger partial charge in [0.25, 0.3) is 0 Å². The Balaban J connectivity index is 1.69. The van der Waals surface area contributed by atoms with Gasteiger partial charge < -0.3 is 15.2 Å². The van der Waals surface area contributed by atoms with Gasteiger partial charge in [0.2, 0.25) is 0 Å². The zero-order valence-electron chi connectivity index (χ0n) is 7.53. The van der Waals surface area contributed by atoms with Crippen molar-refractivity contribution in [2.75, 3.05) is 13.2 Å². The number of ether oxygens (including phenoxy) is 1. The van der Waals surface area contributed by atoms with E-state index in [9.17, 15) is 4.79 Å². The molecule has 0 unspecified atom stereocenters. The second-order valence-corrected chi connectivity index (χ2v) is 3.92. The van der Waals surface area contributed by atoms with Crippen LogP contribution in [0.2, 0.25) is 0 Å². The van der Waals surface area contributed by atoms with Crippen LogP contribution in [0.1, 0.15) is 19.3 Å². The molecule has 2 atom stereocenters. The van der Waals surface area contributed by atoms with E-state index in [1.807, 2.05) is 0 Å². The summed E-state index contributed by atoms with van der Waals surface area (Å²) in [6.45, 7) is 1.07. The van der Waals surface area contributed by atoms with Gasteiger partial charge in [-0.2, -0.15) is 0 Å². The van der Waals surface area contributed by atoms with Crippen molar-refractivity contribution >= 4 is 5.97 Å². The molecular formula is C9H15NO3. The Kier molecular flexibility index (Phi) is 2.51. The number of nitrogens with one attached hydrogen (secondary N) is 1.